The van der Waals surface area contributed by atoms with Crippen LogP contribution in [-0.2, 0) is 14.3 Å². The first-order chi connectivity index (χ1) is 8.75. The fourth-order valence-electron chi connectivity index (χ4n) is 2.01. The van der Waals surface area contributed by atoms with Gasteiger partial charge in [0.25, 0.3) is 0 Å². The summed E-state index contributed by atoms with van der Waals surface area (Å²) >= 11 is 0. The van der Waals surface area contributed by atoms with Crippen LogP contribution in [0, 0.1) is 0 Å². The molecule has 3 nitrogen and oxygen atoms in total. The first kappa shape index (κ1) is 12.8. The molecule has 1 aliphatic heterocycles. The molecule has 0 bridgehead atoms. The molecule has 96 valence electrons. The second-order valence-electron chi connectivity index (χ2n) is 4.40. The topological polar surface area (TPSA) is 35.5 Å². The minimum absolute atomic E-state index is 0.0494. The van der Waals surface area contributed by atoms with Gasteiger partial charge in [0.05, 0.1) is 6.10 Å². The molecule has 2 rings (SSSR count). The standard InChI is InChI=1S/C15H18O3/c1-12(16)18-15(13-7-3-2-4-8-13)11-14-9-5-6-10-17-14/h2-4,7-8,11,14H,5-6,9-10H2,1H3/b15-11-. The molecule has 3 heteroatoms. The summed E-state index contributed by atoms with van der Waals surface area (Å²) in [6, 6.07) is 9.64. The van der Waals surface area contributed by atoms with Crippen LogP contribution >= 0.6 is 0 Å². The van der Waals surface area contributed by atoms with E-state index in [9.17, 15) is 4.79 Å². The molecule has 18 heavy (non-hydrogen) atoms. The maximum Gasteiger partial charge on any atom is 0.308 e. The summed E-state index contributed by atoms with van der Waals surface area (Å²) in [5.41, 5.74) is 0.905. The first-order valence-electron chi connectivity index (χ1n) is 6.33. The van der Waals surface area contributed by atoms with Gasteiger partial charge in [0, 0.05) is 19.1 Å². The number of hydrogen-bond acceptors (Lipinski definition) is 3. The van der Waals surface area contributed by atoms with Gasteiger partial charge in [0.2, 0.25) is 0 Å². The van der Waals surface area contributed by atoms with Crippen molar-refractivity contribution in [1.29, 1.82) is 0 Å². The summed E-state index contributed by atoms with van der Waals surface area (Å²) in [7, 11) is 0. The van der Waals surface area contributed by atoms with E-state index in [4.69, 9.17) is 9.47 Å². The Morgan fingerprint density at radius 2 is 2.11 bits per heavy atom. The molecule has 0 aromatic heterocycles. The first-order valence-corrected chi connectivity index (χ1v) is 6.33. The van der Waals surface area contributed by atoms with Gasteiger partial charge in [-0.3, -0.25) is 4.79 Å². The fourth-order valence-corrected chi connectivity index (χ4v) is 2.01. The number of carbonyl (C=O) groups excluding carboxylic acids is 1. The second-order valence-corrected chi connectivity index (χ2v) is 4.40. The Kier molecular flexibility index (Phi) is 4.53. The van der Waals surface area contributed by atoms with Gasteiger partial charge in [-0.25, -0.2) is 0 Å². The average molecular weight is 246 g/mol. The van der Waals surface area contributed by atoms with E-state index in [2.05, 4.69) is 0 Å². The third-order valence-electron chi connectivity index (χ3n) is 2.86. The molecule has 1 unspecified atom stereocenters. The van der Waals surface area contributed by atoms with Crippen LogP contribution in [-0.4, -0.2) is 18.7 Å². The summed E-state index contributed by atoms with van der Waals surface area (Å²) < 4.78 is 10.9. The van der Waals surface area contributed by atoms with Gasteiger partial charge in [0.15, 0.2) is 0 Å². The van der Waals surface area contributed by atoms with E-state index in [1.807, 2.05) is 36.4 Å². The Morgan fingerprint density at radius 3 is 2.72 bits per heavy atom. The molecule has 0 spiro atoms. The minimum atomic E-state index is -0.305. The number of hydrogen-bond donors (Lipinski definition) is 0. The fraction of sp³-hybridized carbons (Fsp3) is 0.400. The van der Waals surface area contributed by atoms with Gasteiger partial charge in [-0.1, -0.05) is 30.3 Å². The maximum absolute atomic E-state index is 11.2. The van der Waals surface area contributed by atoms with E-state index >= 15 is 0 Å². The molecule has 1 atom stereocenters. The lowest BCUT2D eigenvalue weighted by Gasteiger charge is -2.20. The highest BCUT2D eigenvalue weighted by Crippen LogP contribution is 2.21. The van der Waals surface area contributed by atoms with Crippen molar-refractivity contribution in [3.63, 3.8) is 0 Å². The molecule has 0 saturated carbocycles. The van der Waals surface area contributed by atoms with E-state index in [1.54, 1.807) is 0 Å². The van der Waals surface area contributed by atoms with Gasteiger partial charge in [0.1, 0.15) is 5.76 Å². The van der Waals surface area contributed by atoms with E-state index in [1.165, 1.54) is 6.92 Å². The lowest BCUT2D eigenvalue weighted by atomic mass is 10.1. The van der Waals surface area contributed by atoms with Gasteiger partial charge in [-0.05, 0) is 25.3 Å². The quantitative estimate of drug-likeness (QED) is 0.607. The Morgan fingerprint density at radius 1 is 1.33 bits per heavy atom. The second kappa shape index (κ2) is 6.36. The number of esters is 1. The number of benzene rings is 1. The predicted molar refractivity (Wildman–Crippen MR) is 69.8 cm³/mol. The largest absolute Gasteiger partial charge is 0.426 e. The zero-order valence-corrected chi connectivity index (χ0v) is 10.6. The van der Waals surface area contributed by atoms with E-state index in [0.29, 0.717) is 5.76 Å². The molecule has 1 aromatic rings. The molecule has 1 fully saturated rings. The van der Waals surface area contributed by atoms with Crippen LogP contribution in [0.15, 0.2) is 36.4 Å². The molecule has 0 aliphatic carbocycles. The Bertz CT molecular complexity index is 417. The van der Waals surface area contributed by atoms with Crippen LogP contribution < -0.4 is 0 Å². The van der Waals surface area contributed by atoms with Crippen LogP contribution in [0.4, 0.5) is 0 Å². The van der Waals surface area contributed by atoms with Crippen molar-refractivity contribution in [3.05, 3.63) is 42.0 Å². The third kappa shape index (κ3) is 3.70. The van der Waals surface area contributed by atoms with Crippen molar-refractivity contribution in [2.75, 3.05) is 6.61 Å². The normalized spacial score (nSPS) is 20.5. The monoisotopic (exact) mass is 246 g/mol. The smallest absolute Gasteiger partial charge is 0.308 e. The molecular formula is C15H18O3. The van der Waals surface area contributed by atoms with Gasteiger partial charge in [-0.15, -0.1) is 0 Å². The molecule has 1 aliphatic rings. The van der Waals surface area contributed by atoms with Crippen molar-refractivity contribution < 1.29 is 14.3 Å². The summed E-state index contributed by atoms with van der Waals surface area (Å²) in [4.78, 5) is 11.2. The van der Waals surface area contributed by atoms with E-state index in [-0.39, 0.29) is 12.1 Å². The number of carbonyl (C=O) groups is 1. The maximum atomic E-state index is 11.2. The van der Waals surface area contributed by atoms with Crippen molar-refractivity contribution in [2.45, 2.75) is 32.3 Å². The SMILES string of the molecule is CC(=O)O/C(=C\C1CCCCO1)c1ccccc1. The van der Waals surface area contributed by atoms with Gasteiger partial charge < -0.3 is 9.47 Å². The van der Waals surface area contributed by atoms with Crippen LogP contribution in [0.2, 0.25) is 0 Å². The van der Waals surface area contributed by atoms with E-state index in [0.717, 1.165) is 31.4 Å². The lowest BCUT2D eigenvalue weighted by Crippen LogP contribution is -2.17. The van der Waals surface area contributed by atoms with Gasteiger partial charge >= 0.3 is 5.97 Å². The Hall–Kier alpha value is -1.61. The highest BCUT2D eigenvalue weighted by atomic mass is 16.5. The molecule has 1 aromatic carbocycles. The minimum Gasteiger partial charge on any atom is -0.426 e. The van der Waals surface area contributed by atoms with E-state index < -0.39 is 0 Å². The summed E-state index contributed by atoms with van der Waals surface area (Å²) in [5.74, 6) is 0.288. The third-order valence-corrected chi connectivity index (χ3v) is 2.86. The Balaban J connectivity index is 2.18. The summed E-state index contributed by atoms with van der Waals surface area (Å²) in [6.07, 6.45) is 5.21. The Labute approximate surface area is 107 Å². The van der Waals surface area contributed by atoms with Crippen LogP contribution in [0.25, 0.3) is 5.76 Å². The predicted octanol–water partition coefficient (Wildman–Crippen LogP) is 3.16. The molecule has 0 N–H and O–H groups in total. The highest BCUT2D eigenvalue weighted by molar-refractivity contribution is 5.76. The molecule has 0 amide bonds. The molecular weight excluding hydrogens is 228 g/mol. The highest BCUT2D eigenvalue weighted by Gasteiger charge is 2.14. The number of ether oxygens (including phenoxy) is 2. The molecule has 1 heterocycles. The van der Waals surface area contributed by atoms with Crippen LogP contribution in [0.3, 0.4) is 0 Å². The zero-order chi connectivity index (χ0) is 12.8. The van der Waals surface area contributed by atoms with Crippen molar-refractivity contribution in [1.82, 2.24) is 0 Å². The molecule has 0 radical (unpaired) electrons. The lowest BCUT2D eigenvalue weighted by molar-refractivity contribution is -0.134. The average Bonchev–Trinajstić information content (AvgIpc) is 2.40. The zero-order valence-electron chi connectivity index (χ0n) is 10.6. The van der Waals surface area contributed by atoms with Gasteiger partial charge in [-0.2, -0.15) is 0 Å². The van der Waals surface area contributed by atoms with Crippen molar-refractivity contribution >= 4 is 11.7 Å². The molecule has 1 saturated heterocycles. The van der Waals surface area contributed by atoms with Crippen LogP contribution in [0.1, 0.15) is 31.7 Å². The summed E-state index contributed by atoms with van der Waals surface area (Å²) in [6.45, 7) is 2.20. The van der Waals surface area contributed by atoms with Crippen molar-refractivity contribution in [3.8, 4) is 0 Å². The van der Waals surface area contributed by atoms with Crippen LogP contribution in [0.5, 0.6) is 0 Å². The van der Waals surface area contributed by atoms with Crippen molar-refractivity contribution in [2.24, 2.45) is 0 Å². The summed E-state index contributed by atoms with van der Waals surface area (Å²) in [5, 5.41) is 0. The number of rotatable bonds is 3.